The van der Waals surface area contributed by atoms with Gasteiger partial charge in [0, 0.05) is 11.6 Å². The van der Waals surface area contributed by atoms with Gasteiger partial charge in [0.1, 0.15) is 0 Å². The zero-order chi connectivity index (χ0) is 19.8. The molecule has 0 amide bonds. The average molecular weight is 373 g/mol. The normalized spacial score (nSPS) is 11.7. The second-order valence-electron chi connectivity index (χ2n) is 7.49. The Kier molecular flexibility index (Phi) is 4.29. The molecule has 1 heteroatoms. The lowest BCUT2D eigenvalue weighted by Crippen LogP contribution is -1.95. The molecule has 5 aromatic rings. The first-order chi connectivity index (χ1) is 14.3. The van der Waals surface area contributed by atoms with Crippen LogP contribution in [0.4, 0.5) is 0 Å². The van der Waals surface area contributed by atoms with E-state index in [1.54, 1.807) is 0 Å². The zero-order valence-electron chi connectivity index (χ0n) is 16.8. The van der Waals surface area contributed by atoms with E-state index in [9.17, 15) is 0 Å². The number of aromatic nitrogens is 1. The van der Waals surface area contributed by atoms with Crippen molar-refractivity contribution in [2.75, 3.05) is 0 Å². The number of benzene rings is 4. The molecule has 0 saturated carbocycles. The van der Waals surface area contributed by atoms with Crippen LogP contribution < -0.4 is 0 Å². The number of fused-ring (bicyclic) bond motifs is 2. The molecule has 0 saturated heterocycles. The molecule has 4 aromatic carbocycles. The number of allylic oxidation sites excluding steroid dienone is 1. The van der Waals surface area contributed by atoms with Crippen LogP contribution in [0.15, 0.2) is 97.2 Å². The highest BCUT2D eigenvalue weighted by molar-refractivity contribution is 6.02. The number of para-hydroxylation sites is 1. The van der Waals surface area contributed by atoms with Crippen LogP contribution in [-0.4, -0.2) is 4.57 Å². The van der Waals surface area contributed by atoms with E-state index in [1.165, 1.54) is 49.6 Å². The fraction of sp³-hybridized carbons (Fsp3) is 0.0714. The highest BCUT2D eigenvalue weighted by atomic mass is 15.0. The van der Waals surface area contributed by atoms with Gasteiger partial charge in [0.05, 0.1) is 11.2 Å². The summed E-state index contributed by atoms with van der Waals surface area (Å²) in [6.07, 6.45) is 6.45. The van der Waals surface area contributed by atoms with Gasteiger partial charge in [-0.15, -0.1) is 0 Å². The van der Waals surface area contributed by atoms with E-state index in [-0.39, 0.29) is 0 Å². The molecule has 0 bridgehead atoms. The van der Waals surface area contributed by atoms with Crippen molar-refractivity contribution < 1.29 is 0 Å². The molecular weight excluding hydrogens is 350 g/mol. The molecule has 1 aromatic heterocycles. The summed E-state index contributed by atoms with van der Waals surface area (Å²) >= 11 is 0. The predicted octanol–water partition coefficient (Wildman–Crippen LogP) is 7.79. The Morgan fingerprint density at radius 2 is 1.55 bits per heavy atom. The summed E-state index contributed by atoms with van der Waals surface area (Å²) in [5, 5.41) is 3.80. The first-order valence-electron chi connectivity index (χ1n) is 10.1. The van der Waals surface area contributed by atoms with Crippen LogP contribution in [0.25, 0.3) is 44.6 Å². The summed E-state index contributed by atoms with van der Waals surface area (Å²) in [7, 11) is 0. The van der Waals surface area contributed by atoms with Gasteiger partial charge in [-0.3, -0.25) is 0 Å². The van der Waals surface area contributed by atoms with E-state index in [0.717, 1.165) is 0 Å². The summed E-state index contributed by atoms with van der Waals surface area (Å²) in [5.74, 6) is 0. The number of hydrogen-bond donors (Lipinski definition) is 0. The van der Waals surface area contributed by atoms with E-state index < -0.39 is 0 Å². The topological polar surface area (TPSA) is 4.93 Å². The second kappa shape index (κ2) is 7.10. The van der Waals surface area contributed by atoms with E-state index in [1.807, 2.05) is 0 Å². The van der Waals surface area contributed by atoms with E-state index in [4.69, 9.17) is 0 Å². The lowest BCUT2D eigenvalue weighted by molar-refractivity contribution is 1.14. The standard InChI is InChI=1S/C28H23N/c1-3-8-22-19-23(14-13-20(22)2)24-15-16-28(26-11-6-5-10-25(24)26)29-18-17-21-9-4-7-12-27(21)29/h3-19H,1-2H3/b8-3-. The average Bonchev–Trinajstić information content (AvgIpc) is 3.19. The molecule has 0 atom stereocenters. The van der Waals surface area contributed by atoms with Crippen LogP contribution in [0.1, 0.15) is 18.1 Å². The van der Waals surface area contributed by atoms with Gasteiger partial charge in [-0.25, -0.2) is 0 Å². The monoisotopic (exact) mass is 373 g/mol. The molecule has 0 aliphatic carbocycles. The molecule has 0 aliphatic rings. The molecule has 0 aliphatic heterocycles. The van der Waals surface area contributed by atoms with Crippen molar-refractivity contribution in [3.05, 3.63) is 108 Å². The third kappa shape index (κ3) is 2.96. The third-order valence-corrected chi connectivity index (χ3v) is 5.70. The lowest BCUT2D eigenvalue weighted by Gasteiger charge is -2.14. The Morgan fingerprint density at radius 1 is 0.759 bits per heavy atom. The van der Waals surface area contributed by atoms with Crippen molar-refractivity contribution in [3.8, 4) is 16.8 Å². The Hall–Kier alpha value is -3.58. The zero-order valence-corrected chi connectivity index (χ0v) is 16.8. The summed E-state index contributed by atoms with van der Waals surface area (Å²) in [6, 6.07) is 30.7. The van der Waals surface area contributed by atoms with Gasteiger partial charge < -0.3 is 4.57 Å². The third-order valence-electron chi connectivity index (χ3n) is 5.70. The molecule has 0 unspecified atom stereocenters. The predicted molar refractivity (Wildman–Crippen MR) is 126 cm³/mol. The van der Waals surface area contributed by atoms with Gasteiger partial charge in [0.25, 0.3) is 0 Å². The second-order valence-corrected chi connectivity index (χ2v) is 7.49. The number of rotatable bonds is 3. The number of hydrogen-bond acceptors (Lipinski definition) is 0. The molecule has 0 N–H and O–H groups in total. The van der Waals surface area contributed by atoms with Crippen molar-refractivity contribution in [1.82, 2.24) is 4.57 Å². The quantitative estimate of drug-likeness (QED) is 0.304. The largest absolute Gasteiger partial charge is 0.316 e. The van der Waals surface area contributed by atoms with Gasteiger partial charge >= 0.3 is 0 Å². The summed E-state index contributed by atoms with van der Waals surface area (Å²) in [4.78, 5) is 0. The first-order valence-corrected chi connectivity index (χ1v) is 10.1. The van der Waals surface area contributed by atoms with Gasteiger partial charge in [0.15, 0.2) is 0 Å². The fourth-order valence-corrected chi connectivity index (χ4v) is 4.21. The molecule has 1 heterocycles. The minimum absolute atomic E-state index is 1.21. The maximum Gasteiger partial charge on any atom is 0.0534 e. The lowest BCUT2D eigenvalue weighted by atomic mass is 9.94. The van der Waals surface area contributed by atoms with Crippen LogP contribution in [-0.2, 0) is 0 Å². The van der Waals surface area contributed by atoms with Gasteiger partial charge in [-0.05, 0) is 71.1 Å². The maximum absolute atomic E-state index is 2.29. The van der Waals surface area contributed by atoms with Crippen molar-refractivity contribution in [3.63, 3.8) is 0 Å². The van der Waals surface area contributed by atoms with Crippen molar-refractivity contribution in [1.29, 1.82) is 0 Å². The van der Waals surface area contributed by atoms with Crippen LogP contribution in [0.2, 0.25) is 0 Å². The SMILES string of the molecule is C/C=C\c1cc(-c2ccc(-n3ccc4ccccc43)c3ccccc23)ccc1C. The van der Waals surface area contributed by atoms with Gasteiger partial charge in [-0.1, -0.05) is 72.8 Å². The molecule has 29 heavy (non-hydrogen) atoms. The summed E-state index contributed by atoms with van der Waals surface area (Å²) < 4.78 is 2.29. The van der Waals surface area contributed by atoms with Crippen molar-refractivity contribution >= 4 is 27.8 Å². The fourth-order valence-electron chi connectivity index (χ4n) is 4.21. The van der Waals surface area contributed by atoms with E-state index >= 15 is 0 Å². The Labute approximate surface area is 171 Å². The molecule has 0 spiro atoms. The van der Waals surface area contributed by atoms with Gasteiger partial charge in [-0.2, -0.15) is 0 Å². The molecule has 0 fully saturated rings. The molecule has 0 radical (unpaired) electrons. The minimum Gasteiger partial charge on any atom is -0.316 e. The molecule has 5 rings (SSSR count). The van der Waals surface area contributed by atoms with Crippen molar-refractivity contribution in [2.24, 2.45) is 0 Å². The van der Waals surface area contributed by atoms with Crippen LogP contribution in [0.5, 0.6) is 0 Å². The highest BCUT2D eigenvalue weighted by Crippen LogP contribution is 2.35. The number of aryl methyl sites for hydroxylation is 1. The Balaban J connectivity index is 1.75. The minimum atomic E-state index is 1.21. The maximum atomic E-state index is 2.29. The first kappa shape index (κ1) is 17.5. The molecule has 1 nitrogen and oxygen atoms in total. The van der Waals surface area contributed by atoms with Gasteiger partial charge in [0.2, 0.25) is 0 Å². The van der Waals surface area contributed by atoms with E-state index in [2.05, 4.69) is 122 Å². The molecular formula is C28H23N. The Morgan fingerprint density at radius 3 is 2.41 bits per heavy atom. The van der Waals surface area contributed by atoms with Crippen LogP contribution in [0.3, 0.4) is 0 Å². The highest BCUT2D eigenvalue weighted by Gasteiger charge is 2.11. The van der Waals surface area contributed by atoms with Crippen molar-refractivity contribution in [2.45, 2.75) is 13.8 Å². The smallest absolute Gasteiger partial charge is 0.0534 e. The summed E-state index contributed by atoms with van der Waals surface area (Å²) in [6.45, 7) is 4.23. The summed E-state index contributed by atoms with van der Waals surface area (Å²) in [5.41, 5.74) is 7.54. The van der Waals surface area contributed by atoms with Crippen LogP contribution >= 0.6 is 0 Å². The Bertz CT molecular complexity index is 1370. The number of nitrogens with zero attached hydrogens (tertiary/aromatic N) is 1. The van der Waals surface area contributed by atoms with E-state index in [0.29, 0.717) is 0 Å². The van der Waals surface area contributed by atoms with Crippen LogP contribution in [0, 0.1) is 6.92 Å². The molecule has 140 valence electrons.